The number of anilines is 1. The molecule has 1 aliphatic rings. The Kier molecular flexibility index (Phi) is 7.47. The van der Waals surface area contributed by atoms with E-state index < -0.39 is 27.8 Å². The third kappa shape index (κ3) is 5.29. The van der Waals surface area contributed by atoms with E-state index in [0.29, 0.717) is 18.1 Å². The van der Waals surface area contributed by atoms with E-state index >= 15 is 0 Å². The van der Waals surface area contributed by atoms with Gasteiger partial charge in [0.1, 0.15) is 29.3 Å². The van der Waals surface area contributed by atoms with Crippen molar-refractivity contribution in [1.82, 2.24) is 0 Å². The second-order valence-electron chi connectivity index (χ2n) is 8.59. The van der Waals surface area contributed by atoms with Gasteiger partial charge in [0.2, 0.25) is 0 Å². The normalized spacial score (nSPS) is 15.2. The second kappa shape index (κ2) is 10.4. The van der Waals surface area contributed by atoms with Gasteiger partial charge in [0.05, 0.1) is 22.2 Å². The van der Waals surface area contributed by atoms with Crippen molar-refractivity contribution in [2.24, 2.45) is 0 Å². The smallest absolute Gasteiger partial charge is 0.264 e. The van der Waals surface area contributed by atoms with Crippen molar-refractivity contribution in [3.05, 3.63) is 89.5 Å². The number of hydrogen-bond acceptors (Lipinski definition) is 4. The first kappa shape index (κ1) is 25.9. The molecule has 36 heavy (non-hydrogen) atoms. The van der Waals surface area contributed by atoms with E-state index in [1.54, 1.807) is 37.3 Å². The molecule has 0 radical (unpaired) electrons. The molecule has 3 aromatic carbocycles. The summed E-state index contributed by atoms with van der Waals surface area (Å²) in [5, 5.41) is -0.278. The number of nitrogens with zero attached hydrogens (tertiary/aromatic N) is 1. The molecular formula is C27H24ClF2NO4S. The molecule has 0 aliphatic carbocycles. The minimum absolute atomic E-state index is 0.0226. The van der Waals surface area contributed by atoms with E-state index in [9.17, 15) is 22.0 Å². The highest BCUT2D eigenvalue weighted by molar-refractivity contribution is 7.92. The number of aryl methyl sites for hydroxylation is 1. The molecule has 4 rings (SSSR count). The molecular weight excluding hydrogens is 508 g/mol. The zero-order valence-corrected chi connectivity index (χ0v) is 21.1. The van der Waals surface area contributed by atoms with E-state index in [1.165, 1.54) is 22.5 Å². The topological polar surface area (TPSA) is 63.7 Å². The third-order valence-electron chi connectivity index (χ3n) is 5.89. The van der Waals surface area contributed by atoms with Crippen molar-refractivity contribution in [3.8, 4) is 16.9 Å². The van der Waals surface area contributed by atoms with Gasteiger partial charge in [-0.2, -0.15) is 0 Å². The fourth-order valence-electron chi connectivity index (χ4n) is 4.11. The minimum Gasteiger partial charge on any atom is -0.486 e. The highest BCUT2D eigenvalue weighted by Crippen LogP contribution is 2.42. The SMILES string of the molecule is C=CCC(=O)CC[C@H]1CN(S(=O)(=O)c2cccc(C)c2)c2cc(-c3cc(F)cc(F)c3Cl)ccc2O1. The number of hydrogen-bond donors (Lipinski definition) is 0. The average molecular weight is 532 g/mol. The van der Waals surface area contributed by atoms with Crippen LogP contribution in [-0.2, 0) is 14.8 Å². The molecule has 0 saturated carbocycles. The molecule has 0 N–H and O–H groups in total. The van der Waals surface area contributed by atoms with Crippen LogP contribution in [0.2, 0.25) is 5.02 Å². The first-order chi connectivity index (χ1) is 17.1. The highest BCUT2D eigenvalue weighted by Gasteiger charge is 2.35. The van der Waals surface area contributed by atoms with Gasteiger partial charge in [-0.3, -0.25) is 9.10 Å². The first-order valence-corrected chi connectivity index (χ1v) is 13.1. The van der Waals surface area contributed by atoms with Gasteiger partial charge >= 0.3 is 0 Å². The van der Waals surface area contributed by atoms with Gasteiger partial charge in [0.25, 0.3) is 10.0 Å². The average Bonchev–Trinajstić information content (AvgIpc) is 2.84. The predicted octanol–water partition coefficient (Wildman–Crippen LogP) is 6.48. The Morgan fingerprint density at radius 3 is 2.69 bits per heavy atom. The van der Waals surface area contributed by atoms with Crippen LogP contribution in [0.5, 0.6) is 5.75 Å². The molecule has 188 valence electrons. The predicted molar refractivity (Wildman–Crippen MR) is 136 cm³/mol. The third-order valence-corrected chi connectivity index (χ3v) is 8.05. The molecule has 1 atom stereocenters. The van der Waals surface area contributed by atoms with Crippen LogP contribution in [0.4, 0.5) is 14.5 Å². The van der Waals surface area contributed by atoms with Gasteiger partial charge in [0.15, 0.2) is 0 Å². The van der Waals surface area contributed by atoms with E-state index in [-0.39, 0.29) is 52.1 Å². The van der Waals surface area contributed by atoms with Gasteiger partial charge in [-0.25, -0.2) is 17.2 Å². The maximum Gasteiger partial charge on any atom is 0.264 e. The molecule has 0 unspecified atom stereocenters. The summed E-state index contributed by atoms with van der Waals surface area (Å²) in [4.78, 5) is 12.1. The Labute approximate surface area is 214 Å². The molecule has 0 saturated heterocycles. The van der Waals surface area contributed by atoms with Crippen LogP contribution in [0.3, 0.4) is 0 Å². The van der Waals surface area contributed by atoms with Crippen LogP contribution in [0.1, 0.15) is 24.8 Å². The molecule has 0 amide bonds. The van der Waals surface area contributed by atoms with E-state index in [2.05, 4.69) is 6.58 Å². The van der Waals surface area contributed by atoms with Crippen molar-refractivity contribution in [1.29, 1.82) is 0 Å². The number of allylic oxidation sites excluding steroid dienone is 1. The van der Waals surface area contributed by atoms with Crippen molar-refractivity contribution < 1.29 is 26.7 Å². The summed E-state index contributed by atoms with van der Waals surface area (Å²) in [6.07, 6.45) is 1.69. The minimum atomic E-state index is -4.03. The number of ether oxygens (including phenoxy) is 1. The zero-order valence-electron chi connectivity index (χ0n) is 19.5. The standard InChI is InChI=1S/C27H24ClF2NO4S/c1-3-5-20(32)9-10-21-16-31(36(33,34)22-7-4-6-17(2)12-22)25-13-18(8-11-26(25)35-21)23-14-19(29)15-24(30)27(23)28/h3-4,6-8,11-15,21H,1,5,9-10,16H2,2H3/t21-/m0/s1. The van der Waals surface area contributed by atoms with Crippen molar-refractivity contribution in [2.75, 3.05) is 10.8 Å². The molecule has 9 heteroatoms. The molecule has 0 aromatic heterocycles. The number of sulfonamides is 1. The summed E-state index contributed by atoms with van der Waals surface area (Å²) in [6.45, 7) is 5.31. The maximum atomic E-state index is 14.1. The fourth-order valence-corrected chi connectivity index (χ4v) is 5.93. The van der Waals surface area contributed by atoms with Crippen molar-refractivity contribution in [2.45, 2.75) is 37.2 Å². The molecule has 1 aliphatic heterocycles. The number of benzene rings is 3. The maximum absolute atomic E-state index is 14.1. The lowest BCUT2D eigenvalue weighted by atomic mass is 10.0. The van der Waals surface area contributed by atoms with Crippen LogP contribution >= 0.6 is 11.6 Å². The molecule has 3 aromatic rings. The lowest BCUT2D eigenvalue weighted by Crippen LogP contribution is -2.43. The van der Waals surface area contributed by atoms with Gasteiger partial charge in [0, 0.05) is 24.5 Å². The van der Waals surface area contributed by atoms with Crippen LogP contribution < -0.4 is 9.04 Å². The number of fused-ring (bicyclic) bond motifs is 1. The van der Waals surface area contributed by atoms with Gasteiger partial charge < -0.3 is 4.74 Å². The number of carbonyl (C=O) groups is 1. The monoisotopic (exact) mass is 531 g/mol. The quantitative estimate of drug-likeness (QED) is 0.247. The lowest BCUT2D eigenvalue weighted by Gasteiger charge is -2.36. The highest BCUT2D eigenvalue weighted by atomic mass is 35.5. The van der Waals surface area contributed by atoms with E-state index in [1.807, 2.05) is 0 Å². The Hall–Kier alpha value is -3.23. The Morgan fingerprint density at radius 2 is 1.97 bits per heavy atom. The summed E-state index contributed by atoms with van der Waals surface area (Å²) in [5.74, 6) is -1.48. The zero-order chi connectivity index (χ0) is 26.0. The van der Waals surface area contributed by atoms with Crippen molar-refractivity contribution >= 4 is 33.1 Å². The molecule has 5 nitrogen and oxygen atoms in total. The Morgan fingerprint density at radius 1 is 1.19 bits per heavy atom. The van der Waals surface area contributed by atoms with Crippen LogP contribution in [0.25, 0.3) is 11.1 Å². The van der Waals surface area contributed by atoms with Gasteiger partial charge in [-0.1, -0.05) is 35.9 Å². The number of carbonyl (C=O) groups excluding carboxylic acids is 1. The molecule has 0 spiro atoms. The summed E-state index contributed by atoms with van der Waals surface area (Å²) in [6, 6.07) is 12.9. The van der Waals surface area contributed by atoms with Crippen LogP contribution in [0.15, 0.2) is 72.1 Å². The van der Waals surface area contributed by atoms with Crippen LogP contribution in [-0.4, -0.2) is 26.8 Å². The number of rotatable bonds is 8. The summed E-state index contributed by atoms with van der Waals surface area (Å²) in [5.41, 5.74) is 1.39. The van der Waals surface area contributed by atoms with Gasteiger partial charge in [-0.15, -0.1) is 6.58 Å². The van der Waals surface area contributed by atoms with E-state index in [4.69, 9.17) is 16.3 Å². The fraction of sp³-hybridized carbons (Fsp3) is 0.222. The first-order valence-electron chi connectivity index (χ1n) is 11.3. The Bertz CT molecular complexity index is 1440. The van der Waals surface area contributed by atoms with E-state index in [0.717, 1.165) is 11.6 Å². The summed E-state index contributed by atoms with van der Waals surface area (Å²) < 4.78 is 62.8. The summed E-state index contributed by atoms with van der Waals surface area (Å²) in [7, 11) is -4.03. The number of halogens is 3. The second-order valence-corrected chi connectivity index (χ2v) is 10.8. The van der Waals surface area contributed by atoms with Crippen molar-refractivity contribution in [3.63, 3.8) is 0 Å². The lowest BCUT2D eigenvalue weighted by molar-refractivity contribution is -0.118. The molecule has 0 bridgehead atoms. The molecule has 1 heterocycles. The number of ketones is 1. The van der Waals surface area contributed by atoms with Crippen LogP contribution in [0, 0.1) is 18.6 Å². The van der Waals surface area contributed by atoms with Gasteiger partial charge in [-0.05, 0) is 54.8 Å². The Balaban J connectivity index is 1.79. The summed E-state index contributed by atoms with van der Waals surface area (Å²) >= 11 is 6.10. The number of Topliss-reactive ketones (excluding diaryl/α,β-unsaturated/α-hetero) is 1. The largest absolute Gasteiger partial charge is 0.486 e. The molecule has 0 fully saturated rings.